The Kier molecular flexibility index (Phi) is 4.10. The molecule has 2 aromatic carbocycles. The van der Waals surface area contributed by atoms with Gasteiger partial charge in [0.25, 0.3) is 0 Å². The summed E-state index contributed by atoms with van der Waals surface area (Å²) in [7, 11) is 0. The molecular formula is C15H12FNO3. The number of esters is 1. The average molecular weight is 273 g/mol. The van der Waals surface area contributed by atoms with Gasteiger partial charge in [-0.25, -0.2) is 4.39 Å². The fourth-order valence-electron chi connectivity index (χ4n) is 1.59. The lowest BCUT2D eigenvalue weighted by atomic mass is 10.2. The lowest BCUT2D eigenvalue weighted by molar-refractivity contribution is -0.354. The van der Waals surface area contributed by atoms with E-state index in [1.54, 1.807) is 24.3 Å². The Morgan fingerprint density at radius 3 is 2.30 bits per heavy atom. The van der Waals surface area contributed by atoms with Crippen molar-refractivity contribution < 1.29 is 18.7 Å². The van der Waals surface area contributed by atoms with Gasteiger partial charge in [0.05, 0.1) is 0 Å². The van der Waals surface area contributed by atoms with Crippen LogP contribution in [-0.4, -0.2) is 16.9 Å². The topological polar surface area (TPSA) is 52.4 Å². The molecule has 0 saturated carbocycles. The summed E-state index contributed by atoms with van der Waals surface area (Å²) in [6.45, 7) is 1.31. The van der Waals surface area contributed by atoms with Crippen LogP contribution in [0.25, 0.3) is 0 Å². The Balaban J connectivity index is 2.17. The number of rotatable bonds is 3. The van der Waals surface area contributed by atoms with E-state index >= 15 is 0 Å². The number of ether oxygens (including phenoxy) is 1. The van der Waals surface area contributed by atoms with Gasteiger partial charge in [-0.05, 0) is 36.4 Å². The van der Waals surface area contributed by atoms with Crippen LogP contribution in [0.2, 0.25) is 0 Å². The van der Waals surface area contributed by atoms with E-state index in [-0.39, 0.29) is 0 Å². The van der Waals surface area contributed by atoms with Gasteiger partial charge < -0.3 is 9.94 Å². The molecular weight excluding hydrogens is 261 g/mol. The third kappa shape index (κ3) is 3.65. The van der Waals surface area contributed by atoms with Crippen molar-refractivity contribution in [2.24, 2.45) is 0 Å². The number of halogens is 1. The standard InChI is InChI=1S/C15H12FNO3/c1-11(18)20-15-8-2-12(3-9-15)10-17(19)14-6-4-13(16)5-7-14/h2-10H,1H3/b17-10-. The summed E-state index contributed by atoms with van der Waals surface area (Å²) in [5.41, 5.74) is 0.968. The molecule has 0 atom stereocenters. The zero-order chi connectivity index (χ0) is 14.5. The second-order valence-corrected chi connectivity index (χ2v) is 4.09. The normalized spacial score (nSPS) is 11.2. The summed E-state index contributed by atoms with van der Waals surface area (Å²) in [6, 6.07) is 11.7. The van der Waals surface area contributed by atoms with Crippen LogP contribution in [0.5, 0.6) is 5.75 Å². The van der Waals surface area contributed by atoms with E-state index in [0.717, 1.165) is 0 Å². The molecule has 0 radical (unpaired) electrons. The zero-order valence-electron chi connectivity index (χ0n) is 10.7. The molecule has 102 valence electrons. The third-order valence-electron chi connectivity index (χ3n) is 2.49. The second kappa shape index (κ2) is 5.97. The Morgan fingerprint density at radius 1 is 1.15 bits per heavy atom. The van der Waals surface area contributed by atoms with Crippen molar-refractivity contribution in [3.8, 4) is 5.75 Å². The largest absolute Gasteiger partial charge is 0.618 e. The molecule has 0 heterocycles. The minimum absolute atomic E-state index is 0.329. The van der Waals surface area contributed by atoms with E-state index in [4.69, 9.17) is 4.74 Å². The number of hydrogen-bond donors (Lipinski definition) is 0. The molecule has 0 spiro atoms. The summed E-state index contributed by atoms with van der Waals surface area (Å²) in [4.78, 5) is 10.8. The highest BCUT2D eigenvalue weighted by molar-refractivity contribution is 5.77. The molecule has 0 aliphatic rings. The molecule has 0 aliphatic heterocycles. The average Bonchev–Trinajstić information content (AvgIpc) is 2.41. The van der Waals surface area contributed by atoms with Crippen LogP contribution in [0.3, 0.4) is 0 Å². The van der Waals surface area contributed by atoms with Crippen LogP contribution in [0, 0.1) is 11.0 Å². The maximum atomic E-state index is 12.8. The van der Waals surface area contributed by atoms with E-state index in [1.165, 1.54) is 37.4 Å². The van der Waals surface area contributed by atoms with Gasteiger partial charge in [-0.2, -0.15) is 4.74 Å². The van der Waals surface area contributed by atoms with Crippen molar-refractivity contribution >= 4 is 17.9 Å². The van der Waals surface area contributed by atoms with Gasteiger partial charge in [-0.15, -0.1) is 0 Å². The van der Waals surface area contributed by atoms with Crippen molar-refractivity contribution in [1.29, 1.82) is 0 Å². The van der Waals surface area contributed by atoms with Crippen molar-refractivity contribution in [1.82, 2.24) is 0 Å². The molecule has 4 nitrogen and oxygen atoms in total. The summed E-state index contributed by atoms with van der Waals surface area (Å²) in [6.07, 6.45) is 1.35. The third-order valence-corrected chi connectivity index (χ3v) is 2.49. The highest BCUT2D eigenvalue weighted by Gasteiger charge is 2.03. The highest BCUT2D eigenvalue weighted by Crippen LogP contribution is 2.14. The molecule has 0 aliphatic carbocycles. The monoisotopic (exact) mass is 273 g/mol. The molecule has 0 amide bonds. The van der Waals surface area contributed by atoms with E-state index in [2.05, 4.69) is 0 Å². The smallest absolute Gasteiger partial charge is 0.308 e. The quantitative estimate of drug-likeness (QED) is 0.216. The summed E-state index contributed by atoms with van der Waals surface area (Å²) < 4.78 is 18.3. The van der Waals surface area contributed by atoms with Crippen molar-refractivity contribution in [3.05, 3.63) is 65.1 Å². The molecule has 0 fully saturated rings. The first kappa shape index (κ1) is 13.7. The van der Waals surface area contributed by atoms with Crippen molar-refractivity contribution in [3.63, 3.8) is 0 Å². The van der Waals surface area contributed by atoms with Crippen LogP contribution in [0.1, 0.15) is 12.5 Å². The van der Waals surface area contributed by atoms with E-state index in [1.807, 2.05) is 0 Å². The van der Waals surface area contributed by atoms with Gasteiger partial charge in [0, 0.05) is 24.6 Å². The Labute approximate surface area is 115 Å². The van der Waals surface area contributed by atoms with Crippen molar-refractivity contribution in [2.75, 3.05) is 0 Å². The fraction of sp³-hybridized carbons (Fsp3) is 0.0667. The van der Waals surface area contributed by atoms with Gasteiger partial charge in [0.15, 0.2) is 6.21 Å². The highest BCUT2D eigenvalue weighted by atomic mass is 19.1. The number of nitrogens with zero attached hydrogens (tertiary/aromatic N) is 1. The van der Waals surface area contributed by atoms with Crippen LogP contribution >= 0.6 is 0 Å². The Bertz CT molecular complexity index is 633. The molecule has 0 aromatic heterocycles. The van der Waals surface area contributed by atoms with Crippen molar-refractivity contribution in [2.45, 2.75) is 6.92 Å². The van der Waals surface area contributed by atoms with Crippen LogP contribution in [0.15, 0.2) is 48.5 Å². The predicted molar refractivity (Wildman–Crippen MR) is 72.6 cm³/mol. The van der Waals surface area contributed by atoms with Gasteiger partial charge in [0.2, 0.25) is 5.69 Å². The maximum Gasteiger partial charge on any atom is 0.308 e. The minimum Gasteiger partial charge on any atom is -0.618 e. The lowest BCUT2D eigenvalue weighted by Crippen LogP contribution is -2.02. The predicted octanol–water partition coefficient (Wildman–Crippen LogP) is 3.01. The Morgan fingerprint density at radius 2 is 1.75 bits per heavy atom. The fourth-order valence-corrected chi connectivity index (χ4v) is 1.59. The molecule has 0 unspecified atom stereocenters. The van der Waals surface area contributed by atoms with E-state index in [9.17, 15) is 14.4 Å². The number of carbonyl (C=O) groups excluding carboxylic acids is 1. The molecule has 2 aromatic rings. The van der Waals surface area contributed by atoms with Gasteiger partial charge in [-0.3, -0.25) is 4.79 Å². The van der Waals surface area contributed by atoms with Crippen LogP contribution < -0.4 is 4.74 Å². The van der Waals surface area contributed by atoms with Gasteiger partial charge in [-0.1, -0.05) is 0 Å². The number of carbonyl (C=O) groups is 1. The summed E-state index contributed by atoms with van der Waals surface area (Å²) >= 11 is 0. The van der Waals surface area contributed by atoms with Crippen LogP contribution in [-0.2, 0) is 4.79 Å². The molecule has 5 heteroatoms. The van der Waals surface area contributed by atoms with Crippen LogP contribution in [0.4, 0.5) is 10.1 Å². The van der Waals surface area contributed by atoms with Gasteiger partial charge in [0.1, 0.15) is 11.6 Å². The SMILES string of the molecule is CC(=O)Oc1ccc(/C=[N+](\[O-])c2ccc(F)cc2)cc1. The van der Waals surface area contributed by atoms with E-state index in [0.29, 0.717) is 21.7 Å². The minimum atomic E-state index is -0.404. The molecule has 0 saturated heterocycles. The molecule has 0 bridgehead atoms. The first-order valence-corrected chi connectivity index (χ1v) is 5.90. The van der Waals surface area contributed by atoms with Gasteiger partial charge >= 0.3 is 5.97 Å². The van der Waals surface area contributed by atoms with E-state index < -0.39 is 11.8 Å². The second-order valence-electron chi connectivity index (χ2n) is 4.09. The number of hydrogen-bond acceptors (Lipinski definition) is 3. The number of benzene rings is 2. The molecule has 0 N–H and O–H groups in total. The zero-order valence-corrected chi connectivity index (χ0v) is 10.7. The Hall–Kier alpha value is -2.69. The molecule has 20 heavy (non-hydrogen) atoms. The summed E-state index contributed by atoms with van der Waals surface area (Å²) in [5.74, 6) is -0.389. The summed E-state index contributed by atoms with van der Waals surface area (Å²) in [5, 5.41) is 11.8. The lowest BCUT2D eigenvalue weighted by Gasteiger charge is -2.03. The first-order chi connectivity index (χ1) is 9.54. The maximum absolute atomic E-state index is 12.8. The molecule has 2 rings (SSSR count). The first-order valence-electron chi connectivity index (χ1n) is 5.90.